The third-order valence-corrected chi connectivity index (χ3v) is 2.30. The molecule has 0 aliphatic carbocycles. The van der Waals surface area contributed by atoms with Gasteiger partial charge in [0, 0.05) is 0 Å². The third kappa shape index (κ3) is 7.84. The van der Waals surface area contributed by atoms with E-state index in [4.69, 9.17) is 0 Å². The first-order valence-corrected chi connectivity index (χ1v) is 5.25. The van der Waals surface area contributed by atoms with Crippen molar-refractivity contribution in [3.63, 3.8) is 0 Å². The molecule has 1 atom stereocenters. The first kappa shape index (κ1) is 11.7. The maximum absolute atomic E-state index is 3.79. The van der Waals surface area contributed by atoms with Crippen LogP contribution in [0.5, 0.6) is 0 Å². The summed E-state index contributed by atoms with van der Waals surface area (Å²) in [5.41, 5.74) is 0. The number of hydrogen-bond acceptors (Lipinski definition) is 0. The van der Waals surface area contributed by atoms with Crippen LogP contribution in [0.15, 0.2) is 12.2 Å². The van der Waals surface area contributed by atoms with Crippen LogP contribution in [0, 0.1) is 12.8 Å². The van der Waals surface area contributed by atoms with E-state index >= 15 is 0 Å². The van der Waals surface area contributed by atoms with Crippen molar-refractivity contribution in [1.29, 1.82) is 0 Å². The van der Waals surface area contributed by atoms with Crippen molar-refractivity contribution >= 4 is 0 Å². The lowest BCUT2D eigenvalue weighted by molar-refractivity contribution is 0.498. The largest absolute Gasteiger partial charge is 0.0885 e. The zero-order valence-corrected chi connectivity index (χ0v) is 8.68. The highest BCUT2D eigenvalue weighted by Crippen LogP contribution is 2.11. The van der Waals surface area contributed by atoms with Gasteiger partial charge in [0.05, 0.1) is 0 Å². The van der Waals surface area contributed by atoms with Gasteiger partial charge in [0.2, 0.25) is 0 Å². The topological polar surface area (TPSA) is 0 Å². The van der Waals surface area contributed by atoms with Crippen LogP contribution in [0.1, 0.15) is 52.4 Å². The first-order chi connectivity index (χ1) is 5.81. The number of hydrogen-bond donors (Lipinski definition) is 0. The van der Waals surface area contributed by atoms with Crippen LogP contribution in [0.25, 0.3) is 0 Å². The fourth-order valence-corrected chi connectivity index (χ4v) is 1.14. The molecule has 0 amide bonds. The Bertz CT molecular complexity index is 103. The summed E-state index contributed by atoms with van der Waals surface area (Å²) in [6.45, 7) is 8.39. The van der Waals surface area contributed by atoms with E-state index in [1.165, 1.54) is 25.7 Å². The highest BCUT2D eigenvalue weighted by atomic mass is 14.0. The molecule has 0 aliphatic rings. The molecule has 0 heteroatoms. The predicted molar refractivity (Wildman–Crippen MR) is 57.0 cm³/mol. The number of unbranched alkanes of at least 4 members (excludes halogenated alkanes) is 2. The van der Waals surface area contributed by atoms with Gasteiger partial charge in [-0.1, -0.05) is 45.8 Å². The highest BCUT2D eigenvalue weighted by Gasteiger charge is 1.95. The van der Waals surface area contributed by atoms with Gasteiger partial charge in [0.25, 0.3) is 0 Å². The summed E-state index contributed by atoms with van der Waals surface area (Å²) in [5, 5.41) is 0. The van der Waals surface area contributed by atoms with E-state index in [2.05, 4.69) is 32.9 Å². The molecule has 0 heterocycles. The van der Waals surface area contributed by atoms with Gasteiger partial charge in [-0.3, -0.25) is 0 Å². The van der Waals surface area contributed by atoms with Crippen molar-refractivity contribution < 1.29 is 0 Å². The molecule has 0 bridgehead atoms. The molecule has 0 saturated heterocycles. The van der Waals surface area contributed by atoms with Crippen LogP contribution in [0.4, 0.5) is 0 Å². The Morgan fingerprint density at radius 3 is 2.50 bits per heavy atom. The van der Waals surface area contributed by atoms with Crippen molar-refractivity contribution in [2.45, 2.75) is 52.4 Å². The predicted octanol–water partition coefficient (Wildman–Crippen LogP) is 4.37. The van der Waals surface area contributed by atoms with E-state index < -0.39 is 0 Å². The average molecular weight is 167 g/mol. The van der Waals surface area contributed by atoms with Gasteiger partial charge >= 0.3 is 0 Å². The van der Waals surface area contributed by atoms with E-state index in [1.807, 2.05) is 0 Å². The number of allylic oxidation sites excluding steroid dienone is 2. The SMILES string of the molecule is [CH2]CC/C=C/CCCC(C)CC. The standard InChI is InChI=1S/C12H23/c1-4-6-7-8-9-10-11-12(3)5-2/h7-8,12H,1,4-6,9-11H2,2-3H3/b8-7+. The summed E-state index contributed by atoms with van der Waals surface area (Å²) < 4.78 is 0. The summed E-state index contributed by atoms with van der Waals surface area (Å²) in [5.74, 6) is 0.909. The van der Waals surface area contributed by atoms with Crippen LogP contribution < -0.4 is 0 Å². The van der Waals surface area contributed by atoms with Gasteiger partial charge in [-0.05, 0) is 31.6 Å². The zero-order valence-electron chi connectivity index (χ0n) is 8.68. The van der Waals surface area contributed by atoms with E-state index in [1.54, 1.807) is 0 Å². The van der Waals surface area contributed by atoms with Gasteiger partial charge in [0.1, 0.15) is 0 Å². The van der Waals surface area contributed by atoms with E-state index in [9.17, 15) is 0 Å². The fraction of sp³-hybridized carbons (Fsp3) is 0.750. The molecular weight excluding hydrogens is 144 g/mol. The lowest BCUT2D eigenvalue weighted by Crippen LogP contribution is -1.90. The summed E-state index contributed by atoms with van der Waals surface area (Å²) in [6.07, 6.45) is 12.0. The van der Waals surface area contributed by atoms with Crippen molar-refractivity contribution in [2.24, 2.45) is 5.92 Å². The minimum Gasteiger partial charge on any atom is -0.0885 e. The van der Waals surface area contributed by atoms with Crippen molar-refractivity contribution in [2.75, 3.05) is 0 Å². The molecule has 0 rings (SSSR count). The summed E-state index contributed by atoms with van der Waals surface area (Å²) in [7, 11) is 0. The summed E-state index contributed by atoms with van der Waals surface area (Å²) >= 11 is 0. The summed E-state index contributed by atoms with van der Waals surface area (Å²) in [4.78, 5) is 0. The Labute approximate surface area is 78.1 Å². The molecule has 0 spiro atoms. The first-order valence-electron chi connectivity index (χ1n) is 5.25. The maximum atomic E-state index is 3.79. The van der Waals surface area contributed by atoms with E-state index in [-0.39, 0.29) is 0 Å². The van der Waals surface area contributed by atoms with Crippen molar-refractivity contribution in [3.05, 3.63) is 19.1 Å². The summed E-state index contributed by atoms with van der Waals surface area (Å²) in [6, 6.07) is 0. The van der Waals surface area contributed by atoms with Crippen molar-refractivity contribution in [3.8, 4) is 0 Å². The fourth-order valence-electron chi connectivity index (χ4n) is 1.14. The molecule has 1 unspecified atom stereocenters. The minimum absolute atomic E-state index is 0.909. The monoisotopic (exact) mass is 167 g/mol. The van der Waals surface area contributed by atoms with Crippen LogP contribution in [-0.2, 0) is 0 Å². The Morgan fingerprint density at radius 1 is 1.25 bits per heavy atom. The molecule has 71 valence electrons. The molecule has 0 aromatic heterocycles. The molecule has 0 nitrogen and oxygen atoms in total. The lowest BCUT2D eigenvalue weighted by atomic mass is 10.0. The lowest BCUT2D eigenvalue weighted by Gasteiger charge is -2.05. The quantitative estimate of drug-likeness (QED) is 0.390. The van der Waals surface area contributed by atoms with Crippen LogP contribution >= 0.6 is 0 Å². The molecular formula is C12H23. The molecule has 0 aliphatic heterocycles. The Morgan fingerprint density at radius 2 is 1.92 bits per heavy atom. The van der Waals surface area contributed by atoms with Crippen LogP contribution in [0.2, 0.25) is 0 Å². The van der Waals surface area contributed by atoms with Gasteiger partial charge in [0.15, 0.2) is 0 Å². The molecule has 0 aromatic carbocycles. The number of rotatable bonds is 7. The molecule has 1 radical (unpaired) electrons. The van der Waals surface area contributed by atoms with E-state index in [0.717, 1.165) is 18.8 Å². The second-order valence-corrected chi connectivity index (χ2v) is 3.56. The molecule has 0 aromatic rings. The highest BCUT2D eigenvalue weighted by molar-refractivity contribution is 4.81. The Kier molecular flexibility index (Phi) is 8.64. The second-order valence-electron chi connectivity index (χ2n) is 3.56. The Hall–Kier alpha value is -0.260. The van der Waals surface area contributed by atoms with Crippen LogP contribution in [-0.4, -0.2) is 0 Å². The second kappa shape index (κ2) is 8.83. The molecule has 0 fully saturated rings. The van der Waals surface area contributed by atoms with Crippen LogP contribution in [0.3, 0.4) is 0 Å². The van der Waals surface area contributed by atoms with Crippen molar-refractivity contribution in [1.82, 2.24) is 0 Å². The van der Waals surface area contributed by atoms with Gasteiger partial charge in [-0.25, -0.2) is 0 Å². The average Bonchev–Trinajstić information content (AvgIpc) is 2.10. The smallest absolute Gasteiger partial charge is 0.0351 e. The molecule has 0 N–H and O–H groups in total. The maximum Gasteiger partial charge on any atom is -0.0351 e. The minimum atomic E-state index is 0.909. The molecule has 0 saturated carbocycles. The zero-order chi connectivity index (χ0) is 9.23. The van der Waals surface area contributed by atoms with Gasteiger partial charge in [-0.15, -0.1) is 0 Å². The van der Waals surface area contributed by atoms with Gasteiger partial charge in [-0.2, -0.15) is 0 Å². The normalized spacial score (nSPS) is 13.9. The molecule has 12 heavy (non-hydrogen) atoms. The van der Waals surface area contributed by atoms with E-state index in [0.29, 0.717) is 0 Å². The third-order valence-electron chi connectivity index (χ3n) is 2.30. The Balaban J connectivity index is 3.09. The van der Waals surface area contributed by atoms with Gasteiger partial charge < -0.3 is 0 Å².